The Hall–Kier alpha value is -3.54. The molecule has 4 rings (SSSR count). The molecule has 0 heterocycles. The molecule has 34 heavy (non-hydrogen) atoms. The van der Waals surface area contributed by atoms with Gasteiger partial charge in [-0.1, -0.05) is 71.7 Å². The van der Waals surface area contributed by atoms with Gasteiger partial charge in [-0.25, -0.2) is 5.43 Å². The van der Waals surface area contributed by atoms with Crippen LogP contribution in [-0.4, -0.2) is 18.7 Å². The van der Waals surface area contributed by atoms with Crippen LogP contribution in [0.1, 0.15) is 28.4 Å². The fourth-order valence-corrected chi connectivity index (χ4v) is 3.86. The standard InChI is InChI=1S/C27H22Cl2N2O3/c1-2-33-25-14-18(13-24(29)26(25)34-17-22-9-5-6-10-23(22)28)16-30-31-27(32)21-12-11-19-7-3-4-8-20(19)15-21/h3-16H,2,17H2,1H3,(H,31,32)/b30-16-. The normalized spacial score (nSPS) is 11.0. The Bertz CT molecular complexity index is 1360. The first-order valence-corrected chi connectivity index (χ1v) is 11.5. The maximum atomic E-state index is 12.5. The summed E-state index contributed by atoms with van der Waals surface area (Å²) in [5.74, 6) is 0.586. The summed E-state index contributed by atoms with van der Waals surface area (Å²) in [6, 6.07) is 24.2. The van der Waals surface area contributed by atoms with Gasteiger partial charge < -0.3 is 9.47 Å². The monoisotopic (exact) mass is 492 g/mol. The summed E-state index contributed by atoms with van der Waals surface area (Å²) in [5.41, 5.74) is 4.56. The minimum absolute atomic E-state index is 0.245. The van der Waals surface area contributed by atoms with Crippen molar-refractivity contribution in [2.45, 2.75) is 13.5 Å². The Labute approximate surface area is 207 Å². The van der Waals surface area contributed by atoms with E-state index >= 15 is 0 Å². The van der Waals surface area contributed by atoms with E-state index in [1.54, 1.807) is 24.3 Å². The van der Waals surface area contributed by atoms with Gasteiger partial charge in [-0.3, -0.25) is 4.79 Å². The molecule has 4 aromatic carbocycles. The number of hydrogen-bond donors (Lipinski definition) is 1. The summed E-state index contributed by atoms with van der Waals surface area (Å²) in [7, 11) is 0. The minimum Gasteiger partial charge on any atom is -0.490 e. The molecule has 4 aromatic rings. The summed E-state index contributed by atoms with van der Waals surface area (Å²) in [4.78, 5) is 12.5. The molecule has 0 saturated heterocycles. The van der Waals surface area contributed by atoms with Gasteiger partial charge in [-0.2, -0.15) is 5.10 Å². The average Bonchev–Trinajstić information content (AvgIpc) is 2.84. The van der Waals surface area contributed by atoms with Gasteiger partial charge in [-0.15, -0.1) is 0 Å². The molecule has 0 aliphatic carbocycles. The fraction of sp³-hybridized carbons (Fsp3) is 0.111. The number of ether oxygens (including phenoxy) is 2. The minimum atomic E-state index is -0.308. The SMILES string of the molecule is CCOc1cc(/C=N\NC(=O)c2ccc3ccccc3c2)cc(Cl)c1OCc1ccccc1Cl. The van der Waals surface area contributed by atoms with Gasteiger partial charge in [0, 0.05) is 16.1 Å². The molecule has 172 valence electrons. The lowest BCUT2D eigenvalue weighted by molar-refractivity contribution is 0.0955. The number of fused-ring (bicyclic) bond motifs is 1. The molecule has 0 fully saturated rings. The van der Waals surface area contributed by atoms with Crippen LogP contribution in [-0.2, 0) is 6.61 Å². The first kappa shape index (κ1) is 23.6. The van der Waals surface area contributed by atoms with Crippen LogP contribution in [0.25, 0.3) is 10.8 Å². The van der Waals surface area contributed by atoms with Gasteiger partial charge in [0.2, 0.25) is 0 Å². The van der Waals surface area contributed by atoms with Crippen LogP contribution >= 0.6 is 23.2 Å². The second kappa shape index (κ2) is 11.1. The number of carbonyl (C=O) groups excluding carboxylic acids is 1. The van der Waals surface area contributed by atoms with Crippen molar-refractivity contribution in [2.75, 3.05) is 6.61 Å². The molecule has 0 saturated carbocycles. The van der Waals surface area contributed by atoms with Crippen molar-refractivity contribution in [3.05, 3.63) is 106 Å². The molecule has 0 aliphatic heterocycles. The van der Waals surface area contributed by atoms with Crippen LogP contribution in [0.2, 0.25) is 10.0 Å². The highest BCUT2D eigenvalue weighted by atomic mass is 35.5. The molecule has 0 bridgehead atoms. The van der Waals surface area contributed by atoms with E-state index in [0.717, 1.165) is 16.3 Å². The molecule has 0 atom stereocenters. The Morgan fingerprint density at radius 1 is 0.912 bits per heavy atom. The van der Waals surface area contributed by atoms with Gasteiger partial charge in [0.25, 0.3) is 5.91 Å². The summed E-state index contributed by atoms with van der Waals surface area (Å²) < 4.78 is 11.6. The number of benzene rings is 4. The van der Waals surface area contributed by atoms with E-state index in [1.165, 1.54) is 6.21 Å². The van der Waals surface area contributed by atoms with Crippen LogP contribution in [0.3, 0.4) is 0 Å². The molecule has 0 spiro atoms. The van der Waals surface area contributed by atoms with Crippen LogP contribution in [0.4, 0.5) is 0 Å². The maximum absolute atomic E-state index is 12.5. The summed E-state index contributed by atoms with van der Waals surface area (Å²) in [6.45, 7) is 2.54. The lowest BCUT2D eigenvalue weighted by atomic mass is 10.1. The van der Waals surface area contributed by atoms with Gasteiger partial charge >= 0.3 is 0 Å². The van der Waals surface area contributed by atoms with Gasteiger partial charge in [-0.05, 0) is 53.6 Å². The average molecular weight is 493 g/mol. The molecule has 0 radical (unpaired) electrons. The number of hydrazone groups is 1. The van der Waals surface area contributed by atoms with Crippen molar-refractivity contribution < 1.29 is 14.3 Å². The maximum Gasteiger partial charge on any atom is 0.271 e. The second-order valence-corrected chi connectivity index (χ2v) is 8.22. The third-order valence-corrected chi connectivity index (χ3v) is 5.70. The third-order valence-electron chi connectivity index (χ3n) is 5.05. The smallest absolute Gasteiger partial charge is 0.271 e. The molecular formula is C27H22Cl2N2O3. The molecular weight excluding hydrogens is 471 g/mol. The largest absolute Gasteiger partial charge is 0.490 e. The van der Waals surface area contributed by atoms with Crippen molar-refractivity contribution >= 4 is 46.1 Å². The predicted molar refractivity (Wildman–Crippen MR) is 137 cm³/mol. The van der Waals surface area contributed by atoms with E-state index in [2.05, 4.69) is 10.5 Å². The summed E-state index contributed by atoms with van der Waals surface area (Å²) >= 11 is 12.7. The Balaban J connectivity index is 1.47. The molecule has 5 nitrogen and oxygen atoms in total. The molecule has 1 N–H and O–H groups in total. The number of amides is 1. The summed E-state index contributed by atoms with van der Waals surface area (Å²) in [6.07, 6.45) is 1.51. The number of carbonyl (C=O) groups is 1. The number of hydrogen-bond acceptors (Lipinski definition) is 4. The zero-order valence-electron chi connectivity index (χ0n) is 18.4. The first-order valence-electron chi connectivity index (χ1n) is 10.7. The molecule has 0 unspecified atom stereocenters. The lowest BCUT2D eigenvalue weighted by Gasteiger charge is -2.15. The zero-order valence-corrected chi connectivity index (χ0v) is 19.9. The van der Waals surface area contributed by atoms with Crippen molar-refractivity contribution in [1.29, 1.82) is 0 Å². The first-order chi connectivity index (χ1) is 16.5. The fourth-order valence-electron chi connectivity index (χ4n) is 3.39. The van der Waals surface area contributed by atoms with E-state index in [4.69, 9.17) is 32.7 Å². The molecule has 1 amide bonds. The van der Waals surface area contributed by atoms with Crippen molar-refractivity contribution in [3.8, 4) is 11.5 Å². The molecule has 0 aromatic heterocycles. The van der Waals surface area contributed by atoms with E-state index in [1.807, 2.05) is 61.5 Å². The number of halogens is 2. The number of rotatable bonds is 8. The lowest BCUT2D eigenvalue weighted by Crippen LogP contribution is -2.17. The van der Waals surface area contributed by atoms with Gasteiger partial charge in [0.05, 0.1) is 17.8 Å². The predicted octanol–water partition coefficient (Wildman–Crippen LogP) is 6.89. The Kier molecular flexibility index (Phi) is 7.68. The van der Waals surface area contributed by atoms with Crippen LogP contribution in [0, 0.1) is 0 Å². The van der Waals surface area contributed by atoms with Gasteiger partial charge in [0.1, 0.15) is 6.61 Å². The van der Waals surface area contributed by atoms with Crippen molar-refractivity contribution in [1.82, 2.24) is 5.43 Å². The van der Waals surface area contributed by atoms with Gasteiger partial charge in [0.15, 0.2) is 11.5 Å². The Morgan fingerprint density at radius 2 is 1.68 bits per heavy atom. The third kappa shape index (κ3) is 5.68. The van der Waals surface area contributed by atoms with E-state index in [0.29, 0.717) is 39.3 Å². The molecule has 7 heteroatoms. The second-order valence-electron chi connectivity index (χ2n) is 7.40. The highest BCUT2D eigenvalue weighted by Crippen LogP contribution is 2.37. The quantitative estimate of drug-likeness (QED) is 0.215. The summed E-state index contributed by atoms with van der Waals surface area (Å²) in [5, 5.41) is 7.11. The van der Waals surface area contributed by atoms with Crippen LogP contribution in [0.15, 0.2) is 84.0 Å². The van der Waals surface area contributed by atoms with E-state index in [9.17, 15) is 4.79 Å². The van der Waals surface area contributed by atoms with E-state index in [-0.39, 0.29) is 12.5 Å². The zero-order chi connectivity index (χ0) is 23.9. The Morgan fingerprint density at radius 3 is 2.47 bits per heavy atom. The van der Waals surface area contributed by atoms with Crippen molar-refractivity contribution in [3.63, 3.8) is 0 Å². The number of nitrogens with one attached hydrogen (secondary N) is 1. The van der Waals surface area contributed by atoms with E-state index < -0.39 is 0 Å². The van der Waals surface area contributed by atoms with Crippen LogP contribution < -0.4 is 14.9 Å². The topological polar surface area (TPSA) is 59.9 Å². The highest BCUT2D eigenvalue weighted by Gasteiger charge is 2.13. The highest BCUT2D eigenvalue weighted by molar-refractivity contribution is 6.32. The van der Waals surface area contributed by atoms with Crippen molar-refractivity contribution in [2.24, 2.45) is 5.10 Å². The number of nitrogens with zero attached hydrogens (tertiary/aromatic N) is 1. The van der Waals surface area contributed by atoms with Crippen LogP contribution in [0.5, 0.6) is 11.5 Å². The molecule has 0 aliphatic rings.